The van der Waals surface area contributed by atoms with E-state index in [1.807, 2.05) is 6.92 Å². The number of carbonyl (C=O) groups excluding carboxylic acids is 1. The van der Waals surface area contributed by atoms with Gasteiger partial charge in [-0.2, -0.15) is 0 Å². The van der Waals surface area contributed by atoms with Crippen molar-refractivity contribution in [1.29, 1.82) is 0 Å². The highest BCUT2D eigenvalue weighted by atomic mass is 32.1. The Hall–Kier alpha value is -2.78. The molecule has 0 N–H and O–H groups in total. The molecule has 3 aromatic rings. The molecule has 2 aliphatic rings. The van der Waals surface area contributed by atoms with Crippen LogP contribution in [0, 0.1) is 5.82 Å². The van der Waals surface area contributed by atoms with E-state index in [1.54, 1.807) is 39.3 Å². The van der Waals surface area contributed by atoms with Crippen molar-refractivity contribution in [3.63, 3.8) is 0 Å². The largest absolute Gasteiger partial charge is 0.450 e. The summed E-state index contributed by atoms with van der Waals surface area (Å²) in [5.74, 6) is -0.288. The lowest BCUT2D eigenvalue weighted by Gasteiger charge is -2.40. The van der Waals surface area contributed by atoms with Crippen molar-refractivity contribution in [2.24, 2.45) is 0 Å². The van der Waals surface area contributed by atoms with Crippen molar-refractivity contribution in [2.45, 2.75) is 38.8 Å². The number of carbonyl (C=O) groups is 1. The molecular weight excluding hydrogens is 443 g/mol. The smallest absolute Gasteiger partial charge is 0.409 e. The molecule has 3 heterocycles. The van der Waals surface area contributed by atoms with E-state index in [0.29, 0.717) is 32.3 Å². The van der Waals surface area contributed by atoms with Gasteiger partial charge in [0.25, 0.3) is 5.56 Å². The number of thiophene rings is 1. The summed E-state index contributed by atoms with van der Waals surface area (Å²) < 4.78 is 19.9. The second-order valence-electron chi connectivity index (χ2n) is 8.61. The average molecular weight is 471 g/mol. The molecule has 1 aromatic carbocycles. The number of hydrogen-bond donors (Lipinski definition) is 0. The van der Waals surface area contributed by atoms with Crippen molar-refractivity contribution in [3.05, 3.63) is 62.8 Å². The number of piperazine rings is 1. The topological polar surface area (TPSA) is 67.7 Å². The number of fused-ring (bicyclic) bond motifs is 3. The van der Waals surface area contributed by atoms with Crippen LogP contribution >= 0.6 is 11.3 Å². The Kier molecular flexibility index (Phi) is 6.16. The minimum absolute atomic E-state index is 0.0247. The molecule has 5 rings (SSSR count). The van der Waals surface area contributed by atoms with Gasteiger partial charge in [0.2, 0.25) is 0 Å². The molecule has 174 valence electrons. The maximum absolute atomic E-state index is 13.3. The Balaban J connectivity index is 1.32. The van der Waals surface area contributed by atoms with E-state index in [1.165, 1.54) is 17.0 Å². The summed E-state index contributed by atoms with van der Waals surface area (Å²) in [6, 6.07) is 6.62. The molecule has 7 nitrogen and oxygen atoms in total. The van der Waals surface area contributed by atoms with Crippen LogP contribution in [0.1, 0.15) is 29.3 Å². The number of ether oxygens (including phenoxy) is 1. The van der Waals surface area contributed by atoms with Gasteiger partial charge in [0.1, 0.15) is 10.6 Å². The first kappa shape index (κ1) is 22.0. The number of aromatic nitrogens is 2. The van der Waals surface area contributed by atoms with Gasteiger partial charge >= 0.3 is 6.09 Å². The van der Waals surface area contributed by atoms with E-state index >= 15 is 0 Å². The summed E-state index contributed by atoms with van der Waals surface area (Å²) in [5.41, 5.74) is 1.98. The lowest BCUT2D eigenvalue weighted by Crippen LogP contribution is -2.53. The maximum atomic E-state index is 13.3. The molecule has 1 fully saturated rings. The van der Waals surface area contributed by atoms with E-state index in [9.17, 15) is 14.0 Å². The van der Waals surface area contributed by atoms with Crippen molar-refractivity contribution >= 4 is 27.6 Å². The molecule has 0 bridgehead atoms. The third-order valence-electron chi connectivity index (χ3n) is 6.63. The third kappa shape index (κ3) is 4.39. The van der Waals surface area contributed by atoms with Gasteiger partial charge < -0.3 is 9.64 Å². The van der Waals surface area contributed by atoms with E-state index in [0.717, 1.165) is 53.7 Å². The third-order valence-corrected chi connectivity index (χ3v) is 7.79. The van der Waals surface area contributed by atoms with Crippen LogP contribution in [-0.2, 0) is 24.1 Å². The fourth-order valence-corrected chi connectivity index (χ4v) is 6.13. The average Bonchev–Trinajstić information content (AvgIpc) is 3.21. The number of benzene rings is 1. The van der Waals surface area contributed by atoms with E-state index in [4.69, 9.17) is 4.74 Å². The van der Waals surface area contributed by atoms with Crippen LogP contribution in [0.15, 0.2) is 35.4 Å². The maximum Gasteiger partial charge on any atom is 0.409 e. The minimum atomic E-state index is -0.288. The van der Waals surface area contributed by atoms with Crippen LogP contribution in [-0.4, -0.2) is 64.3 Å². The zero-order valence-corrected chi connectivity index (χ0v) is 19.4. The predicted octanol–water partition coefficient (Wildman–Crippen LogP) is 3.28. The van der Waals surface area contributed by atoms with E-state index in [-0.39, 0.29) is 17.5 Å². The zero-order valence-electron chi connectivity index (χ0n) is 18.6. The second-order valence-corrected chi connectivity index (χ2v) is 9.69. The summed E-state index contributed by atoms with van der Waals surface area (Å²) in [6.45, 7) is 5.65. The summed E-state index contributed by atoms with van der Waals surface area (Å²) in [5, 5.41) is 0.741. The standard InChI is InChI=1S/C24H27FN4O3S/c1-2-32-24(31)28-11-9-27(10-12-28)18-7-8-19-20(13-18)33-22-21(19)23(30)29(15-26-22)14-16-3-5-17(25)6-4-16/h3-6,15,18H,2,7-14H2,1H3. The summed E-state index contributed by atoms with van der Waals surface area (Å²) in [6.07, 6.45) is 4.13. The SMILES string of the molecule is CCOC(=O)N1CCN(C2CCc3c(sc4ncn(Cc5ccc(F)cc5)c(=O)c34)C2)CC1. The Morgan fingerprint density at radius 3 is 2.70 bits per heavy atom. The second kappa shape index (κ2) is 9.23. The summed E-state index contributed by atoms with van der Waals surface area (Å²) >= 11 is 1.63. The minimum Gasteiger partial charge on any atom is -0.450 e. The normalized spacial score (nSPS) is 19.0. The monoisotopic (exact) mass is 470 g/mol. The molecule has 0 spiro atoms. The molecule has 1 amide bonds. The molecule has 1 aliphatic heterocycles. The number of hydrogen-bond acceptors (Lipinski definition) is 6. The van der Waals surface area contributed by atoms with E-state index in [2.05, 4.69) is 9.88 Å². The van der Waals surface area contributed by atoms with Crippen molar-refractivity contribution in [3.8, 4) is 0 Å². The van der Waals surface area contributed by atoms with Gasteiger partial charge in [-0.25, -0.2) is 14.2 Å². The van der Waals surface area contributed by atoms with Gasteiger partial charge in [0, 0.05) is 37.1 Å². The van der Waals surface area contributed by atoms with Gasteiger partial charge in [-0.05, 0) is 49.4 Å². The molecule has 9 heteroatoms. The molecule has 1 unspecified atom stereocenters. The Bertz CT molecular complexity index is 1210. The van der Waals surface area contributed by atoms with Crippen molar-refractivity contribution < 1.29 is 13.9 Å². The van der Waals surface area contributed by atoms with Gasteiger partial charge in [-0.1, -0.05) is 12.1 Å². The molecule has 2 aromatic heterocycles. The lowest BCUT2D eigenvalue weighted by atomic mass is 9.91. The van der Waals surface area contributed by atoms with Crippen LogP contribution < -0.4 is 5.56 Å². The van der Waals surface area contributed by atoms with Gasteiger partial charge in [0.15, 0.2) is 0 Å². The van der Waals surface area contributed by atoms with Crippen LogP contribution in [0.4, 0.5) is 9.18 Å². The van der Waals surface area contributed by atoms with Crippen molar-refractivity contribution in [1.82, 2.24) is 19.4 Å². The van der Waals surface area contributed by atoms with Gasteiger partial charge in [-0.3, -0.25) is 14.3 Å². The van der Waals surface area contributed by atoms with Gasteiger partial charge in [0.05, 0.1) is 24.9 Å². The summed E-state index contributed by atoms with van der Waals surface area (Å²) in [7, 11) is 0. The Morgan fingerprint density at radius 1 is 1.21 bits per heavy atom. The highest BCUT2D eigenvalue weighted by Gasteiger charge is 2.31. The molecule has 1 aliphatic carbocycles. The van der Waals surface area contributed by atoms with Crippen LogP contribution in [0.3, 0.4) is 0 Å². The number of nitrogens with zero attached hydrogens (tertiary/aromatic N) is 4. The molecule has 0 radical (unpaired) electrons. The highest BCUT2D eigenvalue weighted by molar-refractivity contribution is 7.18. The molecule has 1 saturated heterocycles. The number of amides is 1. The van der Waals surface area contributed by atoms with Crippen molar-refractivity contribution in [2.75, 3.05) is 32.8 Å². The first-order valence-electron chi connectivity index (χ1n) is 11.4. The fraction of sp³-hybridized carbons (Fsp3) is 0.458. The molecular formula is C24H27FN4O3S. The lowest BCUT2D eigenvalue weighted by molar-refractivity contribution is 0.0635. The summed E-state index contributed by atoms with van der Waals surface area (Å²) in [4.78, 5) is 36.1. The van der Waals surface area contributed by atoms with Gasteiger partial charge in [-0.15, -0.1) is 11.3 Å². The number of halogens is 1. The Labute approximate surface area is 195 Å². The van der Waals surface area contributed by atoms with Crippen LogP contribution in [0.25, 0.3) is 10.2 Å². The molecule has 33 heavy (non-hydrogen) atoms. The number of rotatable bonds is 4. The van der Waals surface area contributed by atoms with E-state index < -0.39 is 0 Å². The van der Waals surface area contributed by atoms with Crippen LogP contribution in [0.5, 0.6) is 0 Å². The fourth-order valence-electron chi connectivity index (χ4n) is 4.88. The zero-order chi connectivity index (χ0) is 22.9. The first-order valence-corrected chi connectivity index (χ1v) is 12.2. The van der Waals surface area contributed by atoms with Crippen LogP contribution in [0.2, 0.25) is 0 Å². The Morgan fingerprint density at radius 2 is 1.97 bits per heavy atom. The molecule has 1 atom stereocenters. The predicted molar refractivity (Wildman–Crippen MR) is 125 cm³/mol. The quantitative estimate of drug-likeness (QED) is 0.586. The highest BCUT2D eigenvalue weighted by Crippen LogP contribution is 2.35. The first-order chi connectivity index (χ1) is 16.0. The number of aryl methyl sites for hydroxylation is 1. The molecule has 0 saturated carbocycles.